The molecular weight excluding hydrogens is 526 g/mol. The minimum atomic E-state index is -0.659. The van der Waals surface area contributed by atoms with Gasteiger partial charge in [0, 0.05) is 13.0 Å². The Morgan fingerprint density at radius 1 is 1.03 bits per heavy atom. The van der Waals surface area contributed by atoms with Crippen molar-refractivity contribution in [2.24, 2.45) is 4.99 Å². The fourth-order valence-corrected chi connectivity index (χ4v) is 5.19. The molecule has 3 aromatic carbocycles. The van der Waals surface area contributed by atoms with Crippen LogP contribution in [0, 0.1) is 0 Å². The van der Waals surface area contributed by atoms with E-state index in [4.69, 9.17) is 30.8 Å². The Kier molecular flexibility index (Phi) is 9.15. The van der Waals surface area contributed by atoms with Gasteiger partial charge in [-0.25, -0.2) is 4.99 Å². The fraction of sp³-hybridized carbons (Fsp3) is 0.250. The zero-order valence-electron chi connectivity index (χ0n) is 21.3. The Labute approximate surface area is 230 Å². The van der Waals surface area contributed by atoms with Crippen LogP contribution in [0.4, 0.5) is 11.4 Å². The molecule has 0 saturated carbocycles. The van der Waals surface area contributed by atoms with E-state index in [2.05, 4.69) is 5.32 Å². The Morgan fingerprint density at radius 3 is 2.45 bits per heavy atom. The number of para-hydroxylation sites is 1. The highest BCUT2D eigenvalue weighted by molar-refractivity contribution is 8.15. The van der Waals surface area contributed by atoms with E-state index in [-0.39, 0.29) is 18.2 Å². The summed E-state index contributed by atoms with van der Waals surface area (Å²) in [4.78, 5) is 32.8. The number of hydrogen-bond donors (Lipinski definition) is 1. The maximum atomic E-state index is 13.3. The van der Waals surface area contributed by atoms with Gasteiger partial charge in [0.25, 0.3) is 0 Å². The average Bonchev–Trinajstić information content (AvgIpc) is 2.93. The number of ether oxygens (including phenoxy) is 3. The highest BCUT2D eigenvalue weighted by Crippen LogP contribution is 2.32. The maximum absolute atomic E-state index is 13.3. The van der Waals surface area contributed by atoms with Crippen molar-refractivity contribution < 1.29 is 23.8 Å². The lowest BCUT2D eigenvalue weighted by atomic mass is 10.1. The molecule has 0 spiro atoms. The molecule has 8 nitrogen and oxygen atoms in total. The number of anilines is 1. The highest BCUT2D eigenvalue weighted by atomic mass is 35.5. The normalized spacial score (nSPS) is 16.3. The van der Waals surface area contributed by atoms with Crippen molar-refractivity contribution in [3.8, 4) is 17.2 Å². The molecule has 198 valence electrons. The molecule has 1 atom stereocenters. The van der Waals surface area contributed by atoms with E-state index in [1.54, 1.807) is 74.8 Å². The van der Waals surface area contributed by atoms with Gasteiger partial charge in [-0.3, -0.25) is 14.5 Å². The van der Waals surface area contributed by atoms with Gasteiger partial charge in [-0.1, -0.05) is 41.6 Å². The van der Waals surface area contributed by atoms with Crippen LogP contribution >= 0.6 is 23.4 Å². The van der Waals surface area contributed by atoms with Crippen molar-refractivity contribution >= 4 is 51.7 Å². The molecule has 1 fully saturated rings. The van der Waals surface area contributed by atoms with Gasteiger partial charge in [0.2, 0.25) is 11.8 Å². The summed E-state index contributed by atoms with van der Waals surface area (Å²) in [5.41, 5.74) is 2.11. The summed E-state index contributed by atoms with van der Waals surface area (Å²) in [6, 6.07) is 19.8. The van der Waals surface area contributed by atoms with Crippen LogP contribution in [0.15, 0.2) is 71.7 Å². The topological polar surface area (TPSA) is 89.5 Å². The zero-order valence-corrected chi connectivity index (χ0v) is 22.8. The number of amides is 2. The minimum absolute atomic E-state index is 0.0362. The predicted molar refractivity (Wildman–Crippen MR) is 151 cm³/mol. The van der Waals surface area contributed by atoms with Crippen LogP contribution in [-0.2, 0) is 16.0 Å². The Bertz CT molecular complexity index is 1330. The number of benzene rings is 3. The third-order valence-electron chi connectivity index (χ3n) is 5.93. The summed E-state index contributed by atoms with van der Waals surface area (Å²) in [6.45, 7) is 0.384. The van der Waals surface area contributed by atoms with Crippen molar-refractivity contribution in [1.29, 1.82) is 0 Å². The van der Waals surface area contributed by atoms with E-state index >= 15 is 0 Å². The molecule has 0 unspecified atom stereocenters. The number of aliphatic imine (C=N–C) groups is 1. The summed E-state index contributed by atoms with van der Waals surface area (Å²) in [7, 11) is 4.76. The predicted octanol–water partition coefficient (Wildman–Crippen LogP) is 5.57. The van der Waals surface area contributed by atoms with Crippen LogP contribution in [0.2, 0.25) is 5.02 Å². The Morgan fingerprint density at radius 2 is 1.76 bits per heavy atom. The average molecular weight is 554 g/mol. The van der Waals surface area contributed by atoms with Gasteiger partial charge in [0.15, 0.2) is 16.7 Å². The molecule has 0 aliphatic carbocycles. The first-order valence-corrected chi connectivity index (χ1v) is 13.1. The second kappa shape index (κ2) is 12.7. The molecule has 0 bridgehead atoms. The lowest BCUT2D eigenvalue weighted by molar-refractivity contribution is -0.129. The molecule has 1 saturated heterocycles. The van der Waals surface area contributed by atoms with Crippen LogP contribution in [0.1, 0.15) is 12.0 Å². The second-order valence-corrected chi connectivity index (χ2v) is 9.93. The molecule has 2 amide bonds. The first kappa shape index (κ1) is 27.3. The van der Waals surface area contributed by atoms with E-state index < -0.39 is 5.25 Å². The van der Waals surface area contributed by atoms with Gasteiger partial charge >= 0.3 is 0 Å². The van der Waals surface area contributed by atoms with Gasteiger partial charge in [-0.15, -0.1) is 0 Å². The number of carbonyl (C=O) groups is 2. The summed E-state index contributed by atoms with van der Waals surface area (Å²) in [6.07, 6.45) is 0.597. The smallest absolute Gasteiger partial charge is 0.238 e. The molecule has 1 aliphatic rings. The summed E-state index contributed by atoms with van der Waals surface area (Å²) in [5, 5.41) is 3.05. The zero-order chi connectivity index (χ0) is 27.1. The third kappa shape index (κ3) is 6.59. The van der Waals surface area contributed by atoms with Crippen LogP contribution in [0.5, 0.6) is 17.2 Å². The Hall–Kier alpha value is -3.69. The number of hydrogen-bond acceptors (Lipinski definition) is 7. The molecule has 3 aromatic rings. The summed E-state index contributed by atoms with van der Waals surface area (Å²) >= 11 is 7.47. The first-order chi connectivity index (χ1) is 18.4. The molecule has 38 heavy (non-hydrogen) atoms. The summed E-state index contributed by atoms with van der Waals surface area (Å²) in [5.74, 6) is 1.46. The van der Waals surface area contributed by atoms with Crippen LogP contribution < -0.4 is 19.5 Å². The summed E-state index contributed by atoms with van der Waals surface area (Å²) < 4.78 is 16.0. The molecule has 0 aromatic heterocycles. The molecular formula is C28H28ClN3O5S. The van der Waals surface area contributed by atoms with Crippen molar-refractivity contribution in [3.63, 3.8) is 0 Å². The van der Waals surface area contributed by atoms with E-state index in [1.807, 2.05) is 18.2 Å². The molecule has 0 radical (unpaired) electrons. The number of thioether (sulfide) groups is 1. The Balaban J connectivity index is 1.57. The maximum Gasteiger partial charge on any atom is 0.238 e. The molecule has 1 N–H and O–H groups in total. The lowest BCUT2D eigenvalue weighted by Crippen LogP contribution is -2.46. The van der Waals surface area contributed by atoms with E-state index in [1.165, 1.54) is 11.8 Å². The van der Waals surface area contributed by atoms with E-state index in [9.17, 15) is 9.59 Å². The van der Waals surface area contributed by atoms with Crippen molar-refractivity contribution in [2.45, 2.75) is 18.1 Å². The minimum Gasteiger partial charge on any atom is -0.497 e. The van der Waals surface area contributed by atoms with E-state index in [0.29, 0.717) is 51.8 Å². The van der Waals surface area contributed by atoms with Gasteiger partial charge in [-0.2, -0.15) is 0 Å². The van der Waals surface area contributed by atoms with Crippen LogP contribution in [0.3, 0.4) is 0 Å². The molecule has 10 heteroatoms. The van der Waals surface area contributed by atoms with Gasteiger partial charge in [-0.05, 0) is 60.5 Å². The van der Waals surface area contributed by atoms with Gasteiger partial charge in [0.05, 0.1) is 37.7 Å². The third-order valence-corrected chi connectivity index (χ3v) is 7.45. The van der Waals surface area contributed by atoms with Crippen LogP contribution in [0.25, 0.3) is 0 Å². The first-order valence-electron chi connectivity index (χ1n) is 11.9. The van der Waals surface area contributed by atoms with Crippen molar-refractivity contribution in [2.75, 3.05) is 33.2 Å². The molecule has 4 rings (SSSR count). The quantitative estimate of drug-likeness (QED) is 0.373. The standard InChI is InChI=1S/C28H28ClN3O5S/c1-35-20-11-9-19(10-12-20)30-28-32(15-14-18-8-13-23(36-2)24(16-18)37-3)26(33)17-25(38-28)27(34)31-22-7-5-4-6-21(22)29/h4-13,16,25H,14-15,17H2,1-3H3,(H,31,34)/t25-/m0/s1. The number of carbonyl (C=O) groups excluding carboxylic acids is 2. The number of methoxy groups -OCH3 is 3. The molecule has 1 heterocycles. The van der Waals surface area contributed by atoms with Gasteiger partial charge < -0.3 is 19.5 Å². The fourth-order valence-electron chi connectivity index (χ4n) is 3.88. The number of amidine groups is 1. The van der Waals surface area contributed by atoms with Crippen LogP contribution in [-0.4, -0.2) is 55.0 Å². The van der Waals surface area contributed by atoms with Crippen molar-refractivity contribution in [3.05, 3.63) is 77.3 Å². The van der Waals surface area contributed by atoms with E-state index in [0.717, 1.165) is 5.56 Å². The largest absolute Gasteiger partial charge is 0.497 e. The monoisotopic (exact) mass is 553 g/mol. The van der Waals surface area contributed by atoms with Gasteiger partial charge in [0.1, 0.15) is 11.0 Å². The molecule has 1 aliphatic heterocycles. The second-order valence-electron chi connectivity index (χ2n) is 8.36. The SMILES string of the molecule is COc1ccc(N=C2S[C@H](C(=O)Nc3ccccc3Cl)CC(=O)N2CCc2ccc(OC)c(OC)c2)cc1. The highest BCUT2D eigenvalue weighted by Gasteiger charge is 2.36. The number of nitrogens with zero attached hydrogens (tertiary/aromatic N) is 2. The number of nitrogens with one attached hydrogen (secondary N) is 1. The lowest BCUT2D eigenvalue weighted by Gasteiger charge is -2.32. The van der Waals surface area contributed by atoms with Crippen molar-refractivity contribution in [1.82, 2.24) is 4.90 Å². The number of halogens is 1. The number of rotatable bonds is 9.